The molecule has 4 aromatic carbocycles. The summed E-state index contributed by atoms with van der Waals surface area (Å²) in [7, 11) is 0. The highest BCUT2D eigenvalue weighted by atomic mass is 16.6. The zero-order chi connectivity index (χ0) is 25.5. The molecule has 0 saturated heterocycles. The van der Waals surface area contributed by atoms with E-state index in [1.165, 1.54) is 30.5 Å². The second-order valence-corrected chi connectivity index (χ2v) is 8.36. The molecule has 178 valence electrons. The van der Waals surface area contributed by atoms with E-state index in [0.29, 0.717) is 11.3 Å². The van der Waals surface area contributed by atoms with Crippen molar-refractivity contribution < 1.29 is 14.5 Å². The van der Waals surface area contributed by atoms with Crippen molar-refractivity contribution in [3.8, 4) is 16.9 Å². The molecule has 0 fully saturated rings. The van der Waals surface area contributed by atoms with Gasteiger partial charge in [-0.15, -0.1) is 0 Å². The number of carbonyl (C=O) groups is 2. The molecular weight excluding hydrogens is 470 g/mol. The normalized spacial score (nSPS) is 13.0. The molecule has 1 aliphatic heterocycles. The maximum Gasteiger partial charge on any atom is 0.282 e. The first-order valence-electron chi connectivity index (χ1n) is 11.4. The van der Waals surface area contributed by atoms with Gasteiger partial charge in [-0.1, -0.05) is 54.6 Å². The van der Waals surface area contributed by atoms with Crippen molar-refractivity contribution in [2.45, 2.75) is 0 Å². The average molecular weight is 487 g/mol. The van der Waals surface area contributed by atoms with Crippen LogP contribution in [0.4, 0.5) is 5.69 Å². The predicted molar refractivity (Wildman–Crippen MR) is 138 cm³/mol. The number of imide groups is 1. The van der Waals surface area contributed by atoms with Crippen LogP contribution in [-0.4, -0.2) is 37.7 Å². The van der Waals surface area contributed by atoms with Gasteiger partial charge in [-0.3, -0.25) is 19.7 Å². The van der Waals surface area contributed by atoms with Gasteiger partial charge in [-0.25, -0.2) is 4.68 Å². The van der Waals surface area contributed by atoms with E-state index in [9.17, 15) is 19.7 Å². The van der Waals surface area contributed by atoms with E-state index in [1.807, 2.05) is 60.7 Å². The number of amides is 2. The Kier molecular flexibility index (Phi) is 5.16. The Morgan fingerprint density at radius 1 is 0.811 bits per heavy atom. The van der Waals surface area contributed by atoms with Crippen LogP contribution in [0.25, 0.3) is 27.7 Å². The summed E-state index contributed by atoms with van der Waals surface area (Å²) in [6.07, 6.45) is 3.21. The number of non-ortho nitro benzene ring substituents is 1. The topological polar surface area (TPSA) is 111 Å². The number of para-hydroxylation sites is 1. The Labute approximate surface area is 210 Å². The number of benzene rings is 4. The largest absolute Gasteiger partial charge is 0.282 e. The maximum absolute atomic E-state index is 13.3. The number of aromatic nitrogens is 2. The summed E-state index contributed by atoms with van der Waals surface area (Å²) in [5, 5.41) is 21.8. The Bertz CT molecular complexity index is 1720. The Balaban J connectivity index is 1.44. The number of hydrogen-bond donors (Lipinski definition) is 0. The molecule has 1 aromatic heterocycles. The molecule has 6 rings (SSSR count). The summed E-state index contributed by atoms with van der Waals surface area (Å²) in [5.41, 5.74) is 3.10. The molecule has 0 radical (unpaired) electrons. The van der Waals surface area contributed by atoms with Crippen LogP contribution < -0.4 is 0 Å². The summed E-state index contributed by atoms with van der Waals surface area (Å²) in [6, 6.07) is 26.3. The van der Waals surface area contributed by atoms with Gasteiger partial charge >= 0.3 is 0 Å². The van der Waals surface area contributed by atoms with Crippen molar-refractivity contribution >= 4 is 34.5 Å². The number of hydrogen-bond acceptors (Lipinski definition) is 6. The number of hydrazone groups is 1. The SMILES string of the molecule is O=C1c2cccc3c([N+](=O)[O-])ccc(c23)C(=O)N1N=Cc1cn(-c2ccccc2)nc1-c1ccccc1. The molecule has 1 aliphatic rings. The highest BCUT2D eigenvalue weighted by molar-refractivity contribution is 6.26. The first kappa shape index (κ1) is 22.1. The van der Waals surface area contributed by atoms with Gasteiger partial charge in [0.25, 0.3) is 17.5 Å². The maximum atomic E-state index is 13.3. The Hall–Kier alpha value is -5.44. The first-order valence-corrected chi connectivity index (χ1v) is 11.4. The molecule has 5 aromatic rings. The second kappa shape index (κ2) is 8.65. The standard InChI is InChI=1S/C28H17N5O4/c34-27-22-13-7-12-21-24(33(36)37)15-14-23(25(21)22)28(35)32(27)29-16-19-17-31(20-10-5-2-6-11-20)30-26(19)18-8-3-1-4-9-18/h1-17H. The quantitative estimate of drug-likeness (QED) is 0.146. The zero-order valence-corrected chi connectivity index (χ0v) is 19.2. The van der Waals surface area contributed by atoms with E-state index >= 15 is 0 Å². The summed E-state index contributed by atoms with van der Waals surface area (Å²) >= 11 is 0. The molecule has 9 heteroatoms. The van der Waals surface area contributed by atoms with E-state index < -0.39 is 16.7 Å². The molecule has 0 bridgehead atoms. The number of carbonyl (C=O) groups excluding carboxylic acids is 2. The fourth-order valence-corrected chi connectivity index (χ4v) is 4.47. The second-order valence-electron chi connectivity index (χ2n) is 8.36. The van der Waals surface area contributed by atoms with Crippen LogP contribution in [0.15, 0.2) is 102 Å². The van der Waals surface area contributed by atoms with Gasteiger partial charge in [0.1, 0.15) is 5.69 Å². The van der Waals surface area contributed by atoms with Crippen molar-refractivity contribution in [2.75, 3.05) is 0 Å². The van der Waals surface area contributed by atoms with E-state index in [2.05, 4.69) is 5.10 Å². The average Bonchev–Trinajstić information content (AvgIpc) is 3.36. The van der Waals surface area contributed by atoms with E-state index in [4.69, 9.17) is 5.10 Å². The number of nitrogens with zero attached hydrogens (tertiary/aromatic N) is 5. The van der Waals surface area contributed by atoms with Gasteiger partial charge in [0, 0.05) is 28.8 Å². The zero-order valence-electron chi connectivity index (χ0n) is 19.2. The van der Waals surface area contributed by atoms with Crippen LogP contribution in [0.3, 0.4) is 0 Å². The van der Waals surface area contributed by atoms with Crippen molar-refractivity contribution in [2.24, 2.45) is 5.10 Å². The first-order chi connectivity index (χ1) is 18.0. The predicted octanol–water partition coefficient (Wildman–Crippen LogP) is 5.23. The molecule has 0 spiro atoms. The Morgan fingerprint density at radius 2 is 1.49 bits per heavy atom. The van der Waals surface area contributed by atoms with Gasteiger partial charge in [0.05, 0.1) is 33.3 Å². The number of rotatable bonds is 5. The molecule has 9 nitrogen and oxygen atoms in total. The van der Waals surface area contributed by atoms with E-state index in [-0.39, 0.29) is 27.6 Å². The third-order valence-corrected chi connectivity index (χ3v) is 6.18. The monoisotopic (exact) mass is 487 g/mol. The highest BCUT2D eigenvalue weighted by Gasteiger charge is 2.34. The molecule has 2 amide bonds. The van der Waals surface area contributed by atoms with Crippen LogP contribution in [-0.2, 0) is 0 Å². The fourth-order valence-electron chi connectivity index (χ4n) is 4.47. The van der Waals surface area contributed by atoms with Crippen LogP contribution >= 0.6 is 0 Å². The molecule has 0 aliphatic carbocycles. The van der Waals surface area contributed by atoms with Gasteiger partial charge in [0.15, 0.2) is 0 Å². The van der Waals surface area contributed by atoms with E-state index in [1.54, 1.807) is 16.9 Å². The van der Waals surface area contributed by atoms with Gasteiger partial charge in [0.2, 0.25) is 0 Å². The fraction of sp³-hybridized carbons (Fsp3) is 0. The lowest BCUT2D eigenvalue weighted by atomic mass is 9.94. The lowest BCUT2D eigenvalue weighted by molar-refractivity contribution is -0.383. The molecule has 0 saturated carbocycles. The lowest BCUT2D eigenvalue weighted by Gasteiger charge is -2.22. The van der Waals surface area contributed by atoms with Crippen LogP contribution in [0.2, 0.25) is 0 Å². The molecular formula is C28H17N5O4. The minimum absolute atomic E-state index is 0.168. The third-order valence-electron chi connectivity index (χ3n) is 6.18. The van der Waals surface area contributed by atoms with Crippen molar-refractivity contribution in [3.63, 3.8) is 0 Å². The third kappa shape index (κ3) is 3.66. The molecule has 2 heterocycles. The van der Waals surface area contributed by atoms with Crippen molar-refractivity contribution in [1.82, 2.24) is 14.8 Å². The number of nitro groups is 1. The number of nitro benzene ring substituents is 1. The molecule has 37 heavy (non-hydrogen) atoms. The molecule has 0 atom stereocenters. The van der Waals surface area contributed by atoms with Gasteiger partial charge in [-0.05, 0) is 30.3 Å². The Morgan fingerprint density at radius 3 is 2.19 bits per heavy atom. The van der Waals surface area contributed by atoms with Gasteiger partial charge < -0.3 is 0 Å². The van der Waals surface area contributed by atoms with Crippen LogP contribution in [0.5, 0.6) is 0 Å². The molecule has 0 unspecified atom stereocenters. The van der Waals surface area contributed by atoms with Gasteiger partial charge in [-0.2, -0.15) is 15.2 Å². The van der Waals surface area contributed by atoms with Crippen molar-refractivity contribution in [1.29, 1.82) is 0 Å². The van der Waals surface area contributed by atoms with Crippen molar-refractivity contribution in [3.05, 3.63) is 124 Å². The summed E-state index contributed by atoms with van der Waals surface area (Å²) in [4.78, 5) is 37.5. The highest BCUT2D eigenvalue weighted by Crippen LogP contribution is 2.35. The smallest absolute Gasteiger partial charge is 0.267 e. The molecule has 0 N–H and O–H groups in total. The summed E-state index contributed by atoms with van der Waals surface area (Å²) in [6.45, 7) is 0. The minimum atomic E-state index is -0.656. The van der Waals surface area contributed by atoms with E-state index in [0.717, 1.165) is 16.3 Å². The van der Waals surface area contributed by atoms with Crippen LogP contribution in [0, 0.1) is 10.1 Å². The minimum Gasteiger partial charge on any atom is -0.267 e. The summed E-state index contributed by atoms with van der Waals surface area (Å²) < 4.78 is 1.71. The lowest BCUT2D eigenvalue weighted by Crippen LogP contribution is -2.36. The summed E-state index contributed by atoms with van der Waals surface area (Å²) in [5.74, 6) is -1.31. The van der Waals surface area contributed by atoms with Crippen LogP contribution in [0.1, 0.15) is 26.3 Å².